The van der Waals surface area contributed by atoms with Crippen molar-refractivity contribution < 1.29 is 40.7 Å². The molecule has 2 amide bonds. The Bertz CT molecular complexity index is 1320. The predicted octanol–water partition coefficient (Wildman–Crippen LogP) is 5.93. The van der Waals surface area contributed by atoms with Crippen molar-refractivity contribution in [3.63, 3.8) is 0 Å². The Morgan fingerprint density at radius 2 is 1.46 bits per heavy atom. The molecular formula is C26H26F6N4O3. The lowest BCUT2D eigenvalue weighted by Gasteiger charge is -2.19. The van der Waals surface area contributed by atoms with Crippen LogP contribution in [-0.4, -0.2) is 47.2 Å². The molecule has 39 heavy (non-hydrogen) atoms. The monoisotopic (exact) mass is 556 g/mol. The molecule has 1 N–H and O–H groups in total. The molecule has 13 heteroatoms. The maximum atomic E-state index is 13.2. The van der Waals surface area contributed by atoms with Gasteiger partial charge in [0.15, 0.2) is 0 Å². The molecule has 1 aromatic heterocycles. The highest BCUT2D eigenvalue weighted by Gasteiger charge is 2.38. The molecular weight excluding hydrogens is 530 g/mol. The van der Waals surface area contributed by atoms with Gasteiger partial charge in [-0.05, 0) is 42.5 Å². The molecule has 0 saturated carbocycles. The van der Waals surface area contributed by atoms with Gasteiger partial charge in [0, 0.05) is 24.1 Å². The molecule has 0 radical (unpaired) electrons. The maximum absolute atomic E-state index is 13.2. The van der Waals surface area contributed by atoms with Crippen LogP contribution >= 0.6 is 0 Å². The van der Waals surface area contributed by atoms with E-state index in [0.29, 0.717) is 29.3 Å². The van der Waals surface area contributed by atoms with Gasteiger partial charge in [0.05, 0.1) is 36.2 Å². The zero-order chi connectivity index (χ0) is 29.3. The standard InChI is InChI=1S/C26H26F6N4O3/c1-24(2,3)20-13-21(36(34-20)18-6-8-19(39-5)9-7-18)33-22(37)14-35(4)23(38)15-10-16(25(27,28)29)12-17(11-15)26(30,31)32/h6-13H,14H2,1-5H3,(H,33,37). The van der Waals surface area contributed by atoms with Crippen molar-refractivity contribution in [2.75, 3.05) is 26.0 Å². The quantitative estimate of drug-likeness (QED) is 0.382. The summed E-state index contributed by atoms with van der Waals surface area (Å²) in [5, 5.41) is 7.17. The van der Waals surface area contributed by atoms with Crippen molar-refractivity contribution in [1.82, 2.24) is 14.7 Å². The molecule has 0 saturated heterocycles. The van der Waals surface area contributed by atoms with Gasteiger partial charge in [-0.3, -0.25) is 9.59 Å². The summed E-state index contributed by atoms with van der Waals surface area (Å²) in [6.07, 6.45) is -10.2. The van der Waals surface area contributed by atoms with Crippen LogP contribution in [0.2, 0.25) is 0 Å². The van der Waals surface area contributed by atoms with Gasteiger partial charge in [-0.25, -0.2) is 4.68 Å². The number of amides is 2. The number of nitrogens with one attached hydrogen (secondary N) is 1. The van der Waals surface area contributed by atoms with E-state index in [9.17, 15) is 35.9 Å². The molecule has 2 aromatic carbocycles. The number of anilines is 1. The highest BCUT2D eigenvalue weighted by molar-refractivity contribution is 5.99. The topological polar surface area (TPSA) is 76.5 Å². The second kappa shape index (κ2) is 10.6. The van der Waals surface area contributed by atoms with Crippen LogP contribution < -0.4 is 10.1 Å². The van der Waals surface area contributed by atoms with Gasteiger partial charge >= 0.3 is 12.4 Å². The summed E-state index contributed by atoms with van der Waals surface area (Å²) in [5.41, 5.74) is -3.31. The summed E-state index contributed by atoms with van der Waals surface area (Å²) in [5.74, 6) is -1.10. The predicted molar refractivity (Wildman–Crippen MR) is 131 cm³/mol. The molecule has 0 aliphatic carbocycles. The van der Waals surface area contributed by atoms with Gasteiger partial charge < -0.3 is 15.0 Å². The Morgan fingerprint density at radius 3 is 1.92 bits per heavy atom. The third kappa shape index (κ3) is 7.09. The molecule has 0 unspecified atom stereocenters. The summed E-state index contributed by atoms with van der Waals surface area (Å²) in [6, 6.07) is 8.99. The average Bonchev–Trinajstić information content (AvgIpc) is 3.26. The van der Waals surface area contributed by atoms with E-state index < -0.39 is 52.8 Å². The zero-order valence-electron chi connectivity index (χ0n) is 21.7. The normalized spacial score (nSPS) is 12.3. The molecule has 7 nitrogen and oxygen atoms in total. The minimum atomic E-state index is -5.11. The first-order valence-corrected chi connectivity index (χ1v) is 11.5. The molecule has 0 spiro atoms. The molecule has 0 fully saturated rings. The van der Waals surface area contributed by atoms with E-state index in [0.717, 1.165) is 11.9 Å². The van der Waals surface area contributed by atoms with Crippen molar-refractivity contribution in [3.8, 4) is 11.4 Å². The van der Waals surface area contributed by atoms with Gasteiger partial charge in [0.25, 0.3) is 5.91 Å². The Morgan fingerprint density at radius 1 is 0.923 bits per heavy atom. The first kappa shape index (κ1) is 29.5. The summed E-state index contributed by atoms with van der Waals surface area (Å²) < 4.78 is 85.7. The van der Waals surface area contributed by atoms with Crippen molar-refractivity contribution in [2.24, 2.45) is 0 Å². The van der Waals surface area contributed by atoms with Crippen LogP contribution in [0.5, 0.6) is 5.75 Å². The van der Waals surface area contributed by atoms with Crippen LogP contribution in [0, 0.1) is 0 Å². The third-order valence-corrected chi connectivity index (χ3v) is 5.62. The van der Waals surface area contributed by atoms with Crippen LogP contribution in [0.1, 0.15) is 48.0 Å². The number of carbonyl (C=O) groups is 2. The van der Waals surface area contributed by atoms with Crippen molar-refractivity contribution in [2.45, 2.75) is 38.5 Å². The lowest BCUT2D eigenvalue weighted by Crippen LogP contribution is -2.35. The van der Waals surface area contributed by atoms with Crippen LogP contribution in [-0.2, 0) is 22.6 Å². The number of ether oxygens (including phenoxy) is 1. The lowest BCUT2D eigenvalue weighted by molar-refractivity contribution is -0.143. The number of alkyl halides is 6. The number of carbonyl (C=O) groups excluding carboxylic acids is 2. The number of benzene rings is 2. The van der Waals surface area contributed by atoms with E-state index >= 15 is 0 Å². The maximum Gasteiger partial charge on any atom is 0.416 e. The molecule has 0 aliphatic heterocycles. The fourth-order valence-corrected chi connectivity index (χ4v) is 3.53. The Labute approximate surface area is 220 Å². The van der Waals surface area contributed by atoms with Crippen molar-refractivity contribution in [3.05, 3.63) is 70.9 Å². The van der Waals surface area contributed by atoms with Crippen LogP contribution in [0.25, 0.3) is 5.69 Å². The third-order valence-electron chi connectivity index (χ3n) is 5.62. The number of likely N-dealkylation sites (N-methyl/N-ethyl adjacent to an activating group) is 1. The zero-order valence-corrected chi connectivity index (χ0v) is 21.7. The van der Waals surface area contributed by atoms with E-state index in [-0.39, 0.29) is 11.9 Å². The van der Waals surface area contributed by atoms with Crippen molar-refractivity contribution in [1.29, 1.82) is 0 Å². The molecule has 1 heterocycles. The molecule has 3 rings (SSSR count). The molecule has 0 bridgehead atoms. The number of halogens is 6. The van der Waals surface area contributed by atoms with Gasteiger partial charge in [-0.2, -0.15) is 31.4 Å². The lowest BCUT2D eigenvalue weighted by atomic mass is 9.92. The summed E-state index contributed by atoms with van der Waals surface area (Å²) in [6.45, 7) is 5.08. The van der Waals surface area contributed by atoms with Gasteiger partial charge in [0.1, 0.15) is 11.6 Å². The minimum Gasteiger partial charge on any atom is -0.497 e. The first-order valence-electron chi connectivity index (χ1n) is 11.5. The second-order valence-corrected chi connectivity index (χ2v) is 9.78. The highest BCUT2D eigenvalue weighted by Crippen LogP contribution is 2.36. The number of hydrogen-bond donors (Lipinski definition) is 1. The molecule has 0 aliphatic rings. The molecule has 3 aromatic rings. The van der Waals surface area contributed by atoms with E-state index in [1.807, 2.05) is 20.8 Å². The van der Waals surface area contributed by atoms with Gasteiger partial charge in [-0.15, -0.1) is 0 Å². The largest absolute Gasteiger partial charge is 0.497 e. The molecule has 210 valence electrons. The summed E-state index contributed by atoms with van der Waals surface area (Å²) in [7, 11) is 2.60. The van der Waals surface area contributed by atoms with Crippen LogP contribution in [0.4, 0.5) is 32.2 Å². The SMILES string of the molecule is COc1ccc(-n2nc(C(C)(C)C)cc2NC(=O)CN(C)C(=O)c2cc(C(F)(F)F)cc(C(F)(F)F)c2)cc1. The number of hydrogen-bond acceptors (Lipinski definition) is 4. The first-order chi connectivity index (χ1) is 17.9. The number of nitrogens with zero attached hydrogens (tertiary/aromatic N) is 3. The fraction of sp³-hybridized carbons (Fsp3) is 0.346. The highest BCUT2D eigenvalue weighted by atomic mass is 19.4. The Balaban J connectivity index is 1.86. The fourth-order valence-electron chi connectivity index (χ4n) is 3.53. The van der Waals surface area contributed by atoms with Crippen LogP contribution in [0.3, 0.4) is 0 Å². The van der Waals surface area contributed by atoms with Crippen LogP contribution in [0.15, 0.2) is 48.5 Å². The molecule has 0 atom stereocenters. The van der Waals surface area contributed by atoms with Crippen molar-refractivity contribution >= 4 is 17.6 Å². The van der Waals surface area contributed by atoms with E-state index in [1.54, 1.807) is 30.3 Å². The van der Waals surface area contributed by atoms with E-state index in [1.165, 1.54) is 11.8 Å². The second-order valence-electron chi connectivity index (χ2n) is 9.78. The van der Waals surface area contributed by atoms with Gasteiger partial charge in [0.2, 0.25) is 5.91 Å². The number of rotatable bonds is 6. The van der Waals surface area contributed by atoms with E-state index in [2.05, 4.69) is 10.4 Å². The number of methoxy groups -OCH3 is 1. The smallest absolute Gasteiger partial charge is 0.416 e. The Kier molecular flexibility index (Phi) is 8.04. The Hall–Kier alpha value is -4.03. The number of aromatic nitrogens is 2. The van der Waals surface area contributed by atoms with Gasteiger partial charge in [-0.1, -0.05) is 20.8 Å². The van der Waals surface area contributed by atoms with E-state index in [4.69, 9.17) is 4.74 Å². The summed E-state index contributed by atoms with van der Waals surface area (Å²) in [4.78, 5) is 26.3. The average molecular weight is 557 g/mol. The summed E-state index contributed by atoms with van der Waals surface area (Å²) >= 11 is 0. The minimum absolute atomic E-state index is 0.0728.